The summed E-state index contributed by atoms with van der Waals surface area (Å²) in [6, 6.07) is 0. The summed E-state index contributed by atoms with van der Waals surface area (Å²) in [7, 11) is 3.58. The van der Waals surface area contributed by atoms with Gasteiger partial charge in [0.2, 0.25) is 0 Å². The quantitative estimate of drug-likeness (QED) is 0.616. The first-order valence-corrected chi connectivity index (χ1v) is 5.03. The summed E-state index contributed by atoms with van der Waals surface area (Å²) in [4.78, 5) is 0. The molecule has 0 aromatic carbocycles. The summed E-state index contributed by atoms with van der Waals surface area (Å²) in [5.41, 5.74) is 0. The molecule has 0 saturated heterocycles. The van der Waals surface area contributed by atoms with Crippen LogP contribution in [0.2, 0.25) is 0 Å². The largest absolute Gasteiger partial charge is 0.384 e. The molecule has 2 bridgehead atoms. The predicted molar refractivity (Wildman–Crippen MR) is 51.5 cm³/mol. The highest BCUT2D eigenvalue weighted by Gasteiger charge is 2.43. The van der Waals surface area contributed by atoms with Gasteiger partial charge in [-0.1, -0.05) is 12.2 Å². The zero-order chi connectivity index (χ0) is 9.26. The third kappa shape index (κ3) is 1.53. The first-order valence-electron chi connectivity index (χ1n) is 5.03. The molecule has 2 heteroatoms. The molecular weight excluding hydrogens is 164 g/mol. The van der Waals surface area contributed by atoms with E-state index in [-0.39, 0.29) is 0 Å². The van der Waals surface area contributed by atoms with Gasteiger partial charge in [-0.2, -0.15) is 0 Å². The van der Waals surface area contributed by atoms with E-state index in [0.29, 0.717) is 11.8 Å². The maximum Gasteiger partial charge on any atom is 0.0499 e. The first kappa shape index (κ1) is 9.22. The van der Waals surface area contributed by atoms with Crippen molar-refractivity contribution < 1.29 is 9.47 Å². The van der Waals surface area contributed by atoms with Crippen molar-refractivity contribution in [3.05, 3.63) is 12.2 Å². The molecule has 0 amide bonds. The van der Waals surface area contributed by atoms with Crippen molar-refractivity contribution in [3.63, 3.8) is 0 Å². The topological polar surface area (TPSA) is 18.5 Å². The molecule has 4 atom stereocenters. The number of rotatable bonds is 4. The molecule has 1 fully saturated rings. The van der Waals surface area contributed by atoms with Crippen molar-refractivity contribution in [2.24, 2.45) is 23.7 Å². The molecule has 13 heavy (non-hydrogen) atoms. The molecule has 0 N–H and O–H groups in total. The van der Waals surface area contributed by atoms with Crippen LogP contribution >= 0.6 is 0 Å². The number of hydrogen-bond acceptors (Lipinski definition) is 2. The molecule has 74 valence electrons. The van der Waals surface area contributed by atoms with Crippen LogP contribution in [0.1, 0.15) is 6.42 Å². The van der Waals surface area contributed by atoms with Crippen LogP contribution in [0.15, 0.2) is 12.2 Å². The van der Waals surface area contributed by atoms with Gasteiger partial charge in [0.1, 0.15) is 0 Å². The van der Waals surface area contributed by atoms with E-state index >= 15 is 0 Å². The van der Waals surface area contributed by atoms with Gasteiger partial charge in [-0.3, -0.25) is 0 Å². The second-order valence-electron chi connectivity index (χ2n) is 4.19. The van der Waals surface area contributed by atoms with Gasteiger partial charge in [-0.05, 0) is 30.1 Å². The van der Waals surface area contributed by atoms with Crippen LogP contribution in [-0.2, 0) is 9.47 Å². The molecule has 0 unspecified atom stereocenters. The average Bonchev–Trinajstić information content (AvgIpc) is 2.69. The summed E-state index contributed by atoms with van der Waals surface area (Å²) >= 11 is 0. The van der Waals surface area contributed by atoms with Gasteiger partial charge in [-0.15, -0.1) is 0 Å². The van der Waals surface area contributed by atoms with Crippen LogP contribution in [0.4, 0.5) is 0 Å². The van der Waals surface area contributed by atoms with Crippen molar-refractivity contribution in [2.75, 3.05) is 27.4 Å². The van der Waals surface area contributed by atoms with Crippen molar-refractivity contribution in [1.82, 2.24) is 0 Å². The Morgan fingerprint density at radius 3 is 1.85 bits per heavy atom. The molecule has 0 spiro atoms. The van der Waals surface area contributed by atoms with Gasteiger partial charge in [0.25, 0.3) is 0 Å². The summed E-state index contributed by atoms with van der Waals surface area (Å²) in [5.74, 6) is 2.90. The lowest BCUT2D eigenvalue weighted by Gasteiger charge is -2.26. The Morgan fingerprint density at radius 2 is 1.46 bits per heavy atom. The zero-order valence-electron chi connectivity index (χ0n) is 8.40. The van der Waals surface area contributed by atoms with Crippen LogP contribution in [0.25, 0.3) is 0 Å². The van der Waals surface area contributed by atoms with E-state index in [0.717, 1.165) is 25.0 Å². The van der Waals surface area contributed by atoms with Gasteiger partial charge in [0.05, 0.1) is 0 Å². The van der Waals surface area contributed by atoms with Gasteiger partial charge in [0.15, 0.2) is 0 Å². The van der Waals surface area contributed by atoms with Gasteiger partial charge in [0, 0.05) is 27.4 Å². The molecule has 2 aliphatic carbocycles. The van der Waals surface area contributed by atoms with Crippen LogP contribution < -0.4 is 0 Å². The normalized spacial score (nSPS) is 41.7. The van der Waals surface area contributed by atoms with E-state index in [9.17, 15) is 0 Å². The smallest absolute Gasteiger partial charge is 0.0499 e. The van der Waals surface area contributed by atoms with Gasteiger partial charge in [-0.25, -0.2) is 0 Å². The van der Waals surface area contributed by atoms with E-state index in [1.807, 2.05) is 0 Å². The Balaban J connectivity index is 2.02. The highest BCUT2D eigenvalue weighted by Crippen LogP contribution is 2.47. The standard InChI is InChI=1S/C11H18O2/c1-12-6-10-8-3-4-9(5-8)11(10)7-13-2/h3-4,8-11H,5-7H2,1-2H3/t8-,9-,10-,11+/m0/s1. The van der Waals surface area contributed by atoms with E-state index in [1.165, 1.54) is 6.42 Å². The maximum absolute atomic E-state index is 5.27. The number of fused-ring (bicyclic) bond motifs is 2. The summed E-state index contributed by atoms with van der Waals surface area (Å²) < 4.78 is 10.5. The predicted octanol–water partition coefficient (Wildman–Crippen LogP) is 1.72. The van der Waals surface area contributed by atoms with E-state index in [2.05, 4.69) is 12.2 Å². The first-order chi connectivity index (χ1) is 6.36. The van der Waals surface area contributed by atoms with Crippen LogP contribution in [0, 0.1) is 23.7 Å². The zero-order valence-corrected chi connectivity index (χ0v) is 8.40. The molecule has 2 aliphatic rings. The van der Waals surface area contributed by atoms with Gasteiger partial charge >= 0.3 is 0 Å². The number of ether oxygens (including phenoxy) is 2. The molecule has 2 rings (SSSR count). The molecule has 1 saturated carbocycles. The summed E-state index contributed by atoms with van der Waals surface area (Å²) in [6.45, 7) is 1.78. The van der Waals surface area contributed by atoms with Gasteiger partial charge < -0.3 is 9.47 Å². The molecule has 0 aliphatic heterocycles. The highest BCUT2D eigenvalue weighted by molar-refractivity contribution is 5.13. The Hall–Kier alpha value is -0.340. The molecule has 0 radical (unpaired) electrons. The fourth-order valence-corrected chi connectivity index (χ4v) is 2.91. The van der Waals surface area contributed by atoms with E-state index in [4.69, 9.17) is 9.47 Å². The second-order valence-corrected chi connectivity index (χ2v) is 4.19. The van der Waals surface area contributed by atoms with Crippen molar-refractivity contribution >= 4 is 0 Å². The van der Waals surface area contributed by atoms with Crippen LogP contribution in [-0.4, -0.2) is 27.4 Å². The van der Waals surface area contributed by atoms with Crippen LogP contribution in [0.3, 0.4) is 0 Å². The number of hydrogen-bond donors (Lipinski definition) is 0. The minimum atomic E-state index is 0.694. The lowest BCUT2D eigenvalue weighted by Crippen LogP contribution is -2.27. The lowest BCUT2D eigenvalue weighted by atomic mass is 9.84. The molecule has 2 nitrogen and oxygen atoms in total. The lowest BCUT2D eigenvalue weighted by molar-refractivity contribution is 0.0647. The van der Waals surface area contributed by atoms with Crippen molar-refractivity contribution in [1.29, 1.82) is 0 Å². The minimum absolute atomic E-state index is 0.694. The number of methoxy groups -OCH3 is 2. The highest BCUT2D eigenvalue weighted by atomic mass is 16.5. The van der Waals surface area contributed by atoms with Crippen molar-refractivity contribution in [2.45, 2.75) is 6.42 Å². The Labute approximate surface area is 79.9 Å². The Bertz CT molecular complexity index is 180. The fraction of sp³-hybridized carbons (Fsp3) is 0.818. The monoisotopic (exact) mass is 182 g/mol. The molecule has 0 aromatic rings. The number of allylic oxidation sites excluding steroid dienone is 2. The average molecular weight is 182 g/mol. The van der Waals surface area contributed by atoms with E-state index < -0.39 is 0 Å². The molecule has 0 aromatic heterocycles. The fourth-order valence-electron chi connectivity index (χ4n) is 2.91. The SMILES string of the molecule is COC[C@@H]1[C@H](COC)[C@H]2C=C[C@H]1C2. The summed E-state index contributed by atoms with van der Waals surface area (Å²) in [5, 5.41) is 0. The summed E-state index contributed by atoms with van der Waals surface area (Å²) in [6.07, 6.45) is 6.04. The molecule has 0 heterocycles. The molecular formula is C11H18O2. The Kier molecular flexibility index (Phi) is 2.70. The van der Waals surface area contributed by atoms with E-state index in [1.54, 1.807) is 14.2 Å². The second kappa shape index (κ2) is 3.81. The minimum Gasteiger partial charge on any atom is -0.384 e. The third-order valence-corrected chi connectivity index (χ3v) is 3.52. The van der Waals surface area contributed by atoms with Crippen LogP contribution in [0.5, 0.6) is 0 Å². The van der Waals surface area contributed by atoms with Crippen molar-refractivity contribution in [3.8, 4) is 0 Å². The Morgan fingerprint density at radius 1 is 1.00 bits per heavy atom. The maximum atomic E-state index is 5.27. The third-order valence-electron chi connectivity index (χ3n) is 3.52.